The topological polar surface area (TPSA) is 34.1 Å². The van der Waals surface area contributed by atoms with Gasteiger partial charge in [-0.15, -0.1) is 0 Å². The Labute approximate surface area is 134 Å². The zero-order chi connectivity index (χ0) is 15.4. The molecule has 21 heavy (non-hydrogen) atoms. The van der Waals surface area contributed by atoms with Crippen LogP contribution in [0.1, 0.15) is 30.5 Å². The second kappa shape index (κ2) is 7.05. The van der Waals surface area contributed by atoms with Gasteiger partial charge in [-0.25, -0.2) is 4.98 Å². The fourth-order valence-electron chi connectivity index (χ4n) is 2.10. The molecule has 1 aromatic heterocycles. The Morgan fingerprint density at radius 1 is 1.14 bits per heavy atom. The minimum Gasteiger partial charge on any atom is -0.439 e. The quantitative estimate of drug-likeness (QED) is 0.846. The maximum Gasteiger partial charge on any atom is 0.223 e. The Balaban J connectivity index is 2.25. The molecular weight excluding hydrogens is 328 g/mol. The summed E-state index contributed by atoms with van der Waals surface area (Å²) in [4.78, 5) is 4.40. The van der Waals surface area contributed by atoms with Crippen molar-refractivity contribution in [2.24, 2.45) is 0 Å². The molecule has 4 heteroatoms. The summed E-state index contributed by atoms with van der Waals surface area (Å²) in [6.45, 7) is 9.10. The van der Waals surface area contributed by atoms with E-state index in [1.807, 2.05) is 18.2 Å². The number of nitrogens with one attached hydrogen (secondary N) is 1. The number of hydrogen-bond donors (Lipinski definition) is 1. The summed E-state index contributed by atoms with van der Waals surface area (Å²) >= 11 is 3.47. The normalized spacial score (nSPS) is 11.0. The molecule has 0 aliphatic rings. The van der Waals surface area contributed by atoms with Crippen molar-refractivity contribution in [3.05, 3.63) is 51.6 Å². The van der Waals surface area contributed by atoms with Crippen molar-refractivity contribution in [3.8, 4) is 11.6 Å². The molecule has 112 valence electrons. The summed E-state index contributed by atoms with van der Waals surface area (Å²) in [5.74, 6) is 1.48. The summed E-state index contributed by atoms with van der Waals surface area (Å²) in [7, 11) is 0. The number of aryl methyl sites for hydroxylation is 2. The third-order valence-corrected chi connectivity index (χ3v) is 3.44. The van der Waals surface area contributed by atoms with Crippen LogP contribution in [0.25, 0.3) is 0 Å². The van der Waals surface area contributed by atoms with E-state index in [1.54, 1.807) is 6.20 Å². The largest absolute Gasteiger partial charge is 0.439 e. The van der Waals surface area contributed by atoms with E-state index in [1.165, 1.54) is 11.1 Å². The van der Waals surface area contributed by atoms with Crippen molar-refractivity contribution >= 4 is 15.9 Å². The number of hydrogen-bond acceptors (Lipinski definition) is 3. The van der Waals surface area contributed by atoms with Gasteiger partial charge in [0.2, 0.25) is 5.88 Å². The monoisotopic (exact) mass is 348 g/mol. The fraction of sp³-hybridized carbons (Fsp3) is 0.353. The molecule has 0 saturated carbocycles. The highest BCUT2D eigenvalue weighted by atomic mass is 79.9. The van der Waals surface area contributed by atoms with Crippen LogP contribution >= 0.6 is 15.9 Å². The average Bonchev–Trinajstić information content (AvgIpc) is 2.37. The Kier molecular flexibility index (Phi) is 5.37. The van der Waals surface area contributed by atoms with Gasteiger partial charge >= 0.3 is 0 Å². The molecule has 1 aromatic carbocycles. The molecule has 0 aliphatic heterocycles. The van der Waals surface area contributed by atoms with E-state index in [0.29, 0.717) is 11.9 Å². The first-order valence-corrected chi connectivity index (χ1v) is 7.87. The smallest absolute Gasteiger partial charge is 0.223 e. The van der Waals surface area contributed by atoms with E-state index >= 15 is 0 Å². The van der Waals surface area contributed by atoms with Crippen LogP contribution in [0.15, 0.2) is 34.9 Å². The predicted molar refractivity (Wildman–Crippen MR) is 89.9 cm³/mol. The first-order valence-electron chi connectivity index (χ1n) is 7.08. The van der Waals surface area contributed by atoms with Gasteiger partial charge in [-0.3, -0.25) is 0 Å². The van der Waals surface area contributed by atoms with E-state index in [0.717, 1.165) is 22.3 Å². The second-order valence-electron chi connectivity index (χ2n) is 5.58. The molecule has 2 rings (SSSR count). The van der Waals surface area contributed by atoms with Gasteiger partial charge in [0, 0.05) is 28.8 Å². The molecule has 1 N–H and O–H groups in total. The molecule has 0 bridgehead atoms. The summed E-state index contributed by atoms with van der Waals surface area (Å²) in [5.41, 5.74) is 3.41. The minimum atomic E-state index is 0.415. The van der Waals surface area contributed by atoms with Gasteiger partial charge in [-0.2, -0.15) is 0 Å². The van der Waals surface area contributed by atoms with Crippen LogP contribution in [0.4, 0.5) is 0 Å². The van der Waals surface area contributed by atoms with Gasteiger partial charge in [0.15, 0.2) is 0 Å². The molecule has 0 saturated heterocycles. The lowest BCUT2D eigenvalue weighted by Gasteiger charge is -2.13. The number of aromatic nitrogens is 1. The zero-order valence-electron chi connectivity index (χ0n) is 12.9. The molecule has 0 fully saturated rings. The molecule has 0 atom stereocenters. The van der Waals surface area contributed by atoms with Crippen LogP contribution in [0, 0.1) is 13.8 Å². The highest BCUT2D eigenvalue weighted by molar-refractivity contribution is 9.10. The van der Waals surface area contributed by atoms with E-state index in [-0.39, 0.29) is 0 Å². The molecule has 0 spiro atoms. The highest BCUT2D eigenvalue weighted by Crippen LogP contribution is 2.27. The SMILES string of the molecule is Cc1cc(C)cc(Oc2ncc(Br)cc2CNC(C)C)c1. The van der Waals surface area contributed by atoms with Gasteiger partial charge < -0.3 is 10.1 Å². The Bertz CT molecular complexity index is 606. The number of rotatable bonds is 5. The first-order chi connectivity index (χ1) is 9.94. The summed E-state index contributed by atoms with van der Waals surface area (Å²) in [5, 5.41) is 3.40. The number of pyridine rings is 1. The van der Waals surface area contributed by atoms with Crippen LogP contribution in [0.5, 0.6) is 11.6 Å². The summed E-state index contributed by atoms with van der Waals surface area (Å²) < 4.78 is 6.94. The Morgan fingerprint density at radius 2 is 1.81 bits per heavy atom. The van der Waals surface area contributed by atoms with E-state index in [4.69, 9.17) is 4.74 Å². The lowest BCUT2D eigenvalue weighted by atomic mass is 10.1. The van der Waals surface area contributed by atoms with Gasteiger partial charge in [0.25, 0.3) is 0 Å². The van der Waals surface area contributed by atoms with Crippen molar-refractivity contribution in [2.75, 3.05) is 0 Å². The summed E-state index contributed by atoms with van der Waals surface area (Å²) in [6.07, 6.45) is 1.76. The van der Waals surface area contributed by atoms with Crippen LogP contribution in [0.2, 0.25) is 0 Å². The molecule has 0 aliphatic carbocycles. The van der Waals surface area contributed by atoms with Gasteiger partial charge in [-0.05, 0) is 59.1 Å². The van der Waals surface area contributed by atoms with Crippen LogP contribution in [-0.4, -0.2) is 11.0 Å². The zero-order valence-corrected chi connectivity index (χ0v) is 14.5. The Morgan fingerprint density at radius 3 is 2.43 bits per heavy atom. The standard InChI is InChI=1S/C17H21BrN2O/c1-11(2)19-9-14-8-15(18)10-20-17(14)21-16-6-12(3)5-13(4)7-16/h5-8,10-11,19H,9H2,1-4H3. The molecular formula is C17H21BrN2O. The van der Waals surface area contributed by atoms with Crippen LogP contribution < -0.4 is 10.1 Å². The van der Waals surface area contributed by atoms with Crippen molar-refractivity contribution in [1.29, 1.82) is 0 Å². The lowest BCUT2D eigenvalue weighted by molar-refractivity contribution is 0.449. The molecule has 0 amide bonds. The van der Waals surface area contributed by atoms with Crippen molar-refractivity contribution in [1.82, 2.24) is 10.3 Å². The molecule has 3 nitrogen and oxygen atoms in total. The summed E-state index contributed by atoms with van der Waals surface area (Å²) in [6, 6.07) is 8.63. The number of nitrogens with zero attached hydrogens (tertiary/aromatic N) is 1. The predicted octanol–water partition coefficient (Wildman–Crippen LogP) is 4.75. The maximum absolute atomic E-state index is 5.99. The van der Waals surface area contributed by atoms with Gasteiger partial charge in [-0.1, -0.05) is 19.9 Å². The van der Waals surface area contributed by atoms with Crippen molar-refractivity contribution < 1.29 is 4.74 Å². The Hall–Kier alpha value is -1.39. The lowest BCUT2D eigenvalue weighted by Crippen LogP contribution is -2.22. The second-order valence-corrected chi connectivity index (χ2v) is 6.49. The minimum absolute atomic E-state index is 0.415. The van der Waals surface area contributed by atoms with Crippen molar-refractivity contribution in [2.45, 2.75) is 40.3 Å². The average molecular weight is 349 g/mol. The van der Waals surface area contributed by atoms with E-state index < -0.39 is 0 Å². The molecule has 1 heterocycles. The number of halogens is 1. The van der Waals surface area contributed by atoms with Gasteiger partial charge in [0.1, 0.15) is 5.75 Å². The van der Waals surface area contributed by atoms with E-state index in [2.05, 4.69) is 60.0 Å². The number of ether oxygens (including phenoxy) is 1. The van der Waals surface area contributed by atoms with Crippen molar-refractivity contribution in [3.63, 3.8) is 0 Å². The maximum atomic E-state index is 5.99. The number of benzene rings is 1. The van der Waals surface area contributed by atoms with E-state index in [9.17, 15) is 0 Å². The van der Waals surface area contributed by atoms with Crippen LogP contribution in [0.3, 0.4) is 0 Å². The van der Waals surface area contributed by atoms with Gasteiger partial charge in [0.05, 0.1) is 0 Å². The molecule has 2 aromatic rings. The molecule has 0 unspecified atom stereocenters. The fourth-order valence-corrected chi connectivity index (χ4v) is 2.48. The highest BCUT2D eigenvalue weighted by Gasteiger charge is 2.09. The van der Waals surface area contributed by atoms with Crippen LogP contribution in [-0.2, 0) is 6.54 Å². The third kappa shape index (κ3) is 4.83. The molecule has 0 radical (unpaired) electrons. The first kappa shape index (κ1) is 16.0. The third-order valence-electron chi connectivity index (χ3n) is 3.00.